The molecule has 1 N–H and O–H groups in total. The van der Waals surface area contributed by atoms with Crippen LogP contribution >= 0.6 is 0 Å². The van der Waals surface area contributed by atoms with Crippen molar-refractivity contribution in [3.05, 3.63) is 42.4 Å². The second-order valence-corrected chi connectivity index (χ2v) is 6.99. The van der Waals surface area contributed by atoms with E-state index in [0.717, 1.165) is 30.8 Å². The van der Waals surface area contributed by atoms with Gasteiger partial charge in [-0.25, -0.2) is 4.98 Å². The Morgan fingerprint density at radius 3 is 2.61 bits per heavy atom. The van der Waals surface area contributed by atoms with Crippen molar-refractivity contribution in [3.8, 4) is 11.3 Å². The minimum absolute atomic E-state index is 0.0553. The highest BCUT2D eigenvalue weighted by Crippen LogP contribution is 2.20. The monoisotopic (exact) mass is 384 g/mol. The van der Waals surface area contributed by atoms with Crippen molar-refractivity contribution in [2.45, 2.75) is 26.2 Å². The molecule has 0 unspecified atom stereocenters. The third-order valence-electron chi connectivity index (χ3n) is 4.83. The first kappa shape index (κ1) is 20.1. The quantitative estimate of drug-likeness (QED) is 0.753. The van der Waals surface area contributed by atoms with Gasteiger partial charge in [-0.1, -0.05) is 37.3 Å². The summed E-state index contributed by atoms with van der Waals surface area (Å²) in [6.07, 6.45) is 3.51. The van der Waals surface area contributed by atoms with Crippen molar-refractivity contribution in [1.29, 1.82) is 0 Å². The SMILES string of the molecule is CCCNC(=O)CN1CCN(C(=O)CCc2ncc(-c3ccccc3)o2)CC1. The van der Waals surface area contributed by atoms with Gasteiger partial charge in [0.15, 0.2) is 11.7 Å². The molecular weight excluding hydrogens is 356 g/mol. The molecule has 7 heteroatoms. The molecule has 1 fully saturated rings. The maximum atomic E-state index is 12.5. The fraction of sp³-hybridized carbons (Fsp3) is 0.476. The lowest BCUT2D eigenvalue weighted by molar-refractivity contribution is -0.133. The van der Waals surface area contributed by atoms with E-state index in [0.29, 0.717) is 44.9 Å². The number of hydrogen-bond acceptors (Lipinski definition) is 5. The standard InChI is InChI=1S/C21H28N4O3/c1-2-10-22-19(26)16-24-11-13-25(14-12-24)21(27)9-8-20-23-15-18(28-20)17-6-4-3-5-7-17/h3-7,15H,2,8-14,16H2,1H3,(H,22,26). The van der Waals surface area contributed by atoms with E-state index < -0.39 is 0 Å². The largest absolute Gasteiger partial charge is 0.441 e. The van der Waals surface area contributed by atoms with Gasteiger partial charge in [-0.15, -0.1) is 0 Å². The summed E-state index contributed by atoms with van der Waals surface area (Å²) in [6.45, 7) is 5.91. The van der Waals surface area contributed by atoms with E-state index in [-0.39, 0.29) is 11.8 Å². The predicted molar refractivity (Wildman–Crippen MR) is 107 cm³/mol. The fourth-order valence-corrected chi connectivity index (χ4v) is 3.21. The summed E-state index contributed by atoms with van der Waals surface area (Å²) in [4.78, 5) is 32.5. The second-order valence-electron chi connectivity index (χ2n) is 6.99. The van der Waals surface area contributed by atoms with Crippen LogP contribution in [0.25, 0.3) is 11.3 Å². The number of rotatable bonds is 8. The molecule has 2 amide bonds. The molecular formula is C21H28N4O3. The normalized spacial score (nSPS) is 14.8. The minimum atomic E-state index is 0.0553. The van der Waals surface area contributed by atoms with Gasteiger partial charge in [-0.2, -0.15) is 0 Å². The van der Waals surface area contributed by atoms with E-state index in [1.54, 1.807) is 6.20 Å². The Bertz CT molecular complexity index is 767. The molecule has 150 valence electrons. The number of carbonyl (C=O) groups excluding carboxylic acids is 2. The van der Waals surface area contributed by atoms with Crippen molar-refractivity contribution >= 4 is 11.8 Å². The third-order valence-corrected chi connectivity index (χ3v) is 4.83. The average Bonchev–Trinajstić information content (AvgIpc) is 3.21. The third kappa shape index (κ3) is 5.66. The summed E-state index contributed by atoms with van der Waals surface area (Å²) < 4.78 is 5.77. The molecule has 7 nitrogen and oxygen atoms in total. The number of aryl methyl sites for hydroxylation is 1. The second kappa shape index (κ2) is 10.0. The number of oxazole rings is 1. The minimum Gasteiger partial charge on any atom is -0.441 e. The molecule has 0 aliphatic carbocycles. The first-order valence-electron chi connectivity index (χ1n) is 9.92. The van der Waals surface area contributed by atoms with E-state index in [1.165, 1.54) is 0 Å². The van der Waals surface area contributed by atoms with E-state index in [2.05, 4.69) is 15.2 Å². The van der Waals surface area contributed by atoms with Crippen LogP contribution in [-0.2, 0) is 16.0 Å². The molecule has 0 spiro atoms. The molecule has 1 aliphatic rings. The van der Waals surface area contributed by atoms with E-state index >= 15 is 0 Å². The molecule has 0 saturated carbocycles. The Kier molecular flexibility index (Phi) is 7.19. The highest BCUT2D eigenvalue weighted by molar-refractivity contribution is 5.78. The zero-order chi connectivity index (χ0) is 19.8. The molecule has 1 saturated heterocycles. The van der Waals surface area contributed by atoms with Crippen molar-refractivity contribution in [2.24, 2.45) is 0 Å². The number of nitrogens with zero attached hydrogens (tertiary/aromatic N) is 3. The number of piperazine rings is 1. The molecule has 0 atom stereocenters. The molecule has 0 bridgehead atoms. The van der Waals surface area contributed by atoms with E-state index in [9.17, 15) is 9.59 Å². The Morgan fingerprint density at radius 1 is 1.14 bits per heavy atom. The van der Waals surface area contributed by atoms with Crippen LogP contribution in [0, 0.1) is 0 Å². The van der Waals surface area contributed by atoms with Crippen LogP contribution < -0.4 is 5.32 Å². The topological polar surface area (TPSA) is 78.7 Å². The van der Waals surface area contributed by atoms with Gasteiger partial charge in [0.05, 0.1) is 12.7 Å². The number of nitrogens with one attached hydrogen (secondary N) is 1. The zero-order valence-corrected chi connectivity index (χ0v) is 16.4. The van der Waals surface area contributed by atoms with Crippen LogP contribution in [0.5, 0.6) is 0 Å². The van der Waals surface area contributed by atoms with Crippen molar-refractivity contribution in [2.75, 3.05) is 39.3 Å². The molecule has 3 rings (SSSR count). The first-order chi connectivity index (χ1) is 13.7. The first-order valence-corrected chi connectivity index (χ1v) is 9.92. The van der Waals surface area contributed by atoms with Crippen molar-refractivity contribution in [3.63, 3.8) is 0 Å². The van der Waals surface area contributed by atoms with Crippen LogP contribution in [0.2, 0.25) is 0 Å². The van der Waals surface area contributed by atoms with Gasteiger partial charge in [0.2, 0.25) is 11.8 Å². The molecule has 1 aromatic carbocycles. The Balaban J connectivity index is 1.40. The number of benzene rings is 1. The Hall–Kier alpha value is -2.67. The summed E-state index contributed by atoms with van der Waals surface area (Å²) in [5, 5.41) is 2.89. The Labute approximate surface area is 165 Å². The number of aromatic nitrogens is 1. The van der Waals surface area contributed by atoms with Gasteiger partial charge < -0.3 is 14.6 Å². The van der Waals surface area contributed by atoms with Gasteiger partial charge in [-0.3, -0.25) is 14.5 Å². The van der Waals surface area contributed by atoms with Gasteiger partial charge in [0.25, 0.3) is 0 Å². The molecule has 1 aromatic heterocycles. The average molecular weight is 384 g/mol. The summed E-state index contributed by atoms with van der Waals surface area (Å²) in [5.41, 5.74) is 0.978. The van der Waals surface area contributed by atoms with Crippen LogP contribution in [-0.4, -0.2) is 65.9 Å². The summed E-state index contributed by atoms with van der Waals surface area (Å²) in [7, 11) is 0. The number of amides is 2. The van der Waals surface area contributed by atoms with Crippen LogP contribution in [0.3, 0.4) is 0 Å². The molecule has 1 aliphatic heterocycles. The van der Waals surface area contributed by atoms with Gasteiger partial charge >= 0.3 is 0 Å². The highest BCUT2D eigenvalue weighted by Gasteiger charge is 2.22. The number of carbonyl (C=O) groups is 2. The van der Waals surface area contributed by atoms with Gasteiger partial charge in [-0.05, 0) is 6.42 Å². The number of hydrogen-bond donors (Lipinski definition) is 1. The lowest BCUT2D eigenvalue weighted by Crippen LogP contribution is -2.51. The van der Waals surface area contributed by atoms with Crippen molar-refractivity contribution in [1.82, 2.24) is 20.1 Å². The maximum absolute atomic E-state index is 12.5. The molecule has 2 heterocycles. The molecule has 28 heavy (non-hydrogen) atoms. The van der Waals surface area contributed by atoms with E-state index in [1.807, 2.05) is 42.2 Å². The van der Waals surface area contributed by atoms with Crippen LogP contribution in [0.1, 0.15) is 25.7 Å². The Morgan fingerprint density at radius 2 is 1.89 bits per heavy atom. The lowest BCUT2D eigenvalue weighted by Gasteiger charge is -2.34. The van der Waals surface area contributed by atoms with E-state index in [4.69, 9.17) is 4.42 Å². The molecule has 0 radical (unpaired) electrons. The fourth-order valence-electron chi connectivity index (χ4n) is 3.21. The van der Waals surface area contributed by atoms with Gasteiger partial charge in [0.1, 0.15) is 0 Å². The smallest absolute Gasteiger partial charge is 0.234 e. The van der Waals surface area contributed by atoms with Crippen LogP contribution in [0.4, 0.5) is 0 Å². The molecule has 2 aromatic rings. The zero-order valence-electron chi connectivity index (χ0n) is 16.4. The predicted octanol–water partition coefficient (Wildman–Crippen LogP) is 1.94. The maximum Gasteiger partial charge on any atom is 0.234 e. The summed E-state index contributed by atoms with van der Waals surface area (Å²) in [6, 6.07) is 9.80. The van der Waals surface area contributed by atoms with Crippen LogP contribution in [0.15, 0.2) is 40.9 Å². The summed E-state index contributed by atoms with van der Waals surface area (Å²) in [5.74, 6) is 1.46. The highest BCUT2D eigenvalue weighted by atomic mass is 16.4. The van der Waals surface area contributed by atoms with Crippen molar-refractivity contribution < 1.29 is 14.0 Å². The summed E-state index contributed by atoms with van der Waals surface area (Å²) >= 11 is 0. The van der Waals surface area contributed by atoms with Gasteiger partial charge in [0, 0.05) is 51.1 Å². The lowest BCUT2D eigenvalue weighted by atomic mass is 10.2.